The van der Waals surface area contributed by atoms with Gasteiger partial charge in [-0.05, 0) is 24.6 Å². The number of nitrogens with zero attached hydrogens (tertiary/aromatic N) is 2. The Bertz CT molecular complexity index is 1370. The van der Waals surface area contributed by atoms with Crippen LogP contribution >= 0.6 is 11.3 Å². The van der Waals surface area contributed by atoms with E-state index in [2.05, 4.69) is 4.98 Å². The fourth-order valence-electron chi connectivity index (χ4n) is 4.76. The predicted octanol–water partition coefficient (Wildman–Crippen LogP) is 3.26. The molecule has 10 heteroatoms. The molecule has 2 aromatic carbocycles. The highest BCUT2D eigenvalue weighted by Gasteiger charge is 2.45. The summed E-state index contributed by atoms with van der Waals surface area (Å²) in [4.78, 5) is 35.3. The molecule has 1 aliphatic heterocycles. The van der Waals surface area contributed by atoms with Crippen molar-refractivity contribution < 1.29 is 33.8 Å². The Morgan fingerprint density at radius 2 is 1.72 bits per heavy atom. The zero-order chi connectivity index (χ0) is 28.3. The van der Waals surface area contributed by atoms with Crippen LogP contribution in [-0.4, -0.2) is 75.2 Å². The summed E-state index contributed by atoms with van der Waals surface area (Å²) in [5.41, 5.74) is 2.00. The minimum Gasteiger partial charge on any atom is -0.503 e. The summed E-state index contributed by atoms with van der Waals surface area (Å²) < 4.78 is 16.6. The summed E-state index contributed by atoms with van der Waals surface area (Å²) >= 11 is 1.24. The Hall–Kier alpha value is -3.89. The average molecular weight is 553 g/mol. The minimum atomic E-state index is -0.849. The third-order valence-corrected chi connectivity index (χ3v) is 7.86. The number of rotatable bonds is 11. The van der Waals surface area contributed by atoms with Crippen molar-refractivity contribution in [2.45, 2.75) is 19.4 Å². The van der Waals surface area contributed by atoms with Crippen molar-refractivity contribution >= 4 is 23.0 Å². The number of quaternary nitrogens is 1. The third-order valence-electron chi connectivity index (χ3n) is 6.65. The van der Waals surface area contributed by atoms with Gasteiger partial charge in [0.25, 0.3) is 5.91 Å². The maximum atomic E-state index is 14.1. The predicted molar refractivity (Wildman–Crippen MR) is 149 cm³/mol. The Balaban J connectivity index is 1.83. The molecule has 1 aliphatic rings. The first-order valence-corrected chi connectivity index (χ1v) is 13.4. The molecule has 1 aromatic heterocycles. The molecule has 3 aromatic rings. The lowest BCUT2D eigenvalue weighted by Gasteiger charge is -2.28. The Morgan fingerprint density at radius 1 is 1.08 bits per heavy atom. The van der Waals surface area contributed by atoms with Gasteiger partial charge in [0.05, 0.1) is 64.2 Å². The second-order valence-electron chi connectivity index (χ2n) is 9.56. The van der Waals surface area contributed by atoms with Gasteiger partial charge in [0, 0.05) is 18.5 Å². The molecule has 2 N–H and O–H groups in total. The smallest absolute Gasteiger partial charge is 0.290 e. The first-order valence-electron chi connectivity index (χ1n) is 12.6. The number of aliphatic hydroxyl groups is 1. The number of Topliss-reactive ketones (excluding diaryl/α,β-unsaturated/α-hetero) is 1. The number of carbonyl (C=O) groups is 2. The zero-order valence-corrected chi connectivity index (χ0v) is 23.8. The van der Waals surface area contributed by atoms with Crippen LogP contribution < -0.4 is 19.1 Å². The lowest BCUT2D eigenvalue weighted by molar-refractivity contribution is -0.858. The van der Waals surface area contributed by atoms with Gasteiger partial charge in [-0.25, -0.2) is 4.98 Å². The second-order valence-corrected chi connectivity index (χ2v) is 10.6. The maximum Gasteiger partial charge on any atom is 0.290 e. The van der Waals surface area contributed by atoms with E-state index in [1.807, 2.05) is 44.4 Å². The number of ether oxygens (including phenoxy) is 3. The van der Waals surface area contributed by atoms with Gasteiger partial charge in [0.2, 0.25) is 11.5 Å². The summed E-state index contributed by atoms with van der Waals surface area (Å²) in [5, 5.41) is 11.8. The molecule has 0 saturated heterocycles. The number of hydrogen-bond donors (Lipinski definition) is 2. The van der Waals surface area contributed by atoms with Gasteiger partial charge in [-0.3, -0.25) is 9.59 Å². The highest BCUT2D eigenvalue weighted by atomic mass is 32.1. The minimum absolute atomic E-state index is 0.0119. The SMILES string of the molecule is COc1cc([C@H]2C(C(=O)c3sc(-c4ccccc4)nc3C)=C(O)C(=O)N2CCC[NH+](C)C)cc(OC)c1OC. The van der Waals surface area contributed by atoms with Crippen molar-refractivity contribution in [3.8, 4) is 27.8 Å². The number of methoxy groups -OCH3 is 3. The monoisotopic (exact) mass is 552 g/mol. The van der Waals surface area contributed by atoms with Crippen molar-refractivity contribution in [2.75, 3.05) is 48.5 Å². The van der Waals surface area contributed by atoms with E-state index in [0.717, 1.165) is 12.1 Å². The lowest BCUT2D eigenvalue weighted by atomic mass is 9.94. The van der Waals surface area contributed by atoms with Gasteiger partial charge in [-0.2, -0.15) is 0 Å². The van der Waals surface area contributed by atoms with Crippen LogP contribution in [-0.2, 0) is 4.79 Å². The number of aliphatic hydroxyl groups excluding tert-OH is 1. The number of nitrogens with one attached hydrogen (secondary N) is 1. The molecule has 9 nitrogen and oxygen atoms in total. The first-order chi connectivity index (χ1) is 18.7. The molecule has 4 rings (SSSR count). The lowest BCUT2D eigenvalue weighted by Crippen LogP contribution is -3.05. The molecule has 0 aliphatic carbocycles. The van der Waals surface area contributed by atoms with Crippen LogP contribution in [0.15, 0.2) is 53.8 Å². The first kappa shape index (κ1) is 28.1. The van der Waals surface area contributed by atoms with Gasteiger partial charge in [-0.15, -0.1) is 11.3 Å². The van der Waals surface area contributed by atoms with E-state index in [0.29, 0.717) is 51.4 Å². The molecule has 0 unspecified atom stereocenters. The van der Waals surface area contributed by atoms with E-state index >= 15 is 0 Å². The van der Waals surface area contributed by atoms with E-state index < -0.39 is 23.5 Å². The summed E-state index contributed by atoms with van der Waals surface area (Å²) in [7, 11) is 8.58. The summed E-state index contributed by atoms with van der Waals surface area (Å²) in [5.74, 6) is -0.410. The van der Waals surface area contributed by atoms with Crippen LogP contribution in [0.5, 0.6) is 17.2 Å². The number of aryl methyl sites for hydroxylation is 1. The Morgan fingerprint density at radius 3 is 2.28 bits per heavy atom. The Labute approximate surface area is 232 Å². The summed E-state index contributed by atoms with van der Waals surface area (Å²) in [6, 6.07) is 12.2. The molecule has 0 fully saturated rings. The zero-order valence-electron chi connectivity index (χ0n) is 23.0. The quantitative estimate of drug-likeness (QED) is 0.352. The van der Waals surface area contributed by atoms with E-state index in [1.54, 1.807) is 24.0 Å². The third kappa shape index (κ3) is 5.48. The van der Waals surface area contributed by atoms with Gasteiger partial charge in [0.15, 0.2) is 17.3 Å². The molecule has 1 amide bonds. The average Bonchev–Trinajstić information content (AvgIpc) is 3.45. The highest BCUT2D eigenvalue weighted by Crippen LogP contribution is 2.46. The van der Waals surface area contributed by atoms with Crippen LogP contribution in [0.25, 0.3) is 10.6 Å². The largest absolute Gasteiger partial charge is 0.503 e. The molecule has 0 radical (unpaired) electrons. The van der Waals surface area contributed by atoms with Crippen LogP contribution in [0.3, 0.4) is 0 Å². The van der Waals surface area contributed by atoms with Gasteiger partial charge < -0.3 is 29.1 Å². The van der Waals surface area contributed by atoms with Crippen molar-refractivity contribution in [2.24, 2.45) is 0 Å². The number of hydrogen-bond acceptors (Lipinski definition) is 8. The van der Waals surface area contributed by atoms with Crippen molar-refractivity contribution in [3.63, 3.8) is 0 Å². The standard InChI is InChI=1S/C29H33N3O6S/c1-17-27(39-28(30-17)18-11-8-7-9-12-18)24(33)22-23(32(29(35)25(22)34)14-10-13-31(2)3)19-15-20(36-4)26(38-6)21(16-19)37-5/h7-9,11-12,15-16,23,34H,10,13-14H2,1-6H3/p+1/t23-/m0/s1. The van der Waals surface area contributed by atoms with Crippen molar-refractivity contribution in [3.05, 3.63) is 69.9 Å². The molecular weight excluding hydrogens is 518 g/mol. The molecule has 0 spiro atoms. The van der Waals surface area contributed by atoms with Gasteiger partial charge in [0.1, 0.15) is 5.01 Å². The summed E-state index contributed by atoms with van der Waals surface area (Å²) in [6.45, 7) is 2.92. The van der Waals surface area contributed by atoms with E-state index in [9.17, 15) is 14.7 Å². The normalized spacial score (nSPS) is 15.3. The molecule has 1 atom stereocenters. The van der Waals surface area contributed by atoms with Gasteiger partial charge >= 0.3 is 0 Å². The van der Waals surface area contributed by atoms with E-state index in [1.165, 1.54) is 37.6 Å². The highest BCUT2D eigenvalue weighted by molar-refractivity contribution is 7.17. The fourth-order valence-corrected chi connectivity index (χ4v) is 5.78. The van der Waals surface area contributed by atoms with Gasteiger partial charge in [-0.1, -0.05) is 30.3 Å². The molecule has 206 valence electrons. The number of thiazole rings is 1. The van der Waals surface area contributed by atoms with Crippen molar-refractivity contribution in [1.82, 2.24) is 9.88 Å². The molecule has 0 bridgehead atoms. The van der Waals surface area contributed by atoms with E-state index in [-0.39, 0.29) is 5.57 Å². The van der Waals surface area contributed by atoms with Crippen LogP contribution in [0.4, 0.5) is 0 Å². The topological polar surface area (TPSA) is 103 Å². The molecule has 39 heavy (non-hydrogen) atoms. The molecule has 0 saturated carbocycles. The molecular formula is C29H34N3O6S+. The Kier molecular flexibility index (Phi) is 8.57. The number of carbonyl (C=O) groups excluding carboxylic acids is 2. The number of amides is 1. The number of aromatic nitrogens is 1. The maximum absolute atomic E-state index is 14.1. The number of benzene rings is 2. The second kappa shape index (κ2) is 11.9. The molecule has 2 heterocycles. The van der Waals surface area contributed by atoms with Crippen molar-refractivity contribution in [1.29, 1.82) is 0 Å². The summed E-state index contributed by atoms with van der Waals surface area (Å²) in [6.07, 6.45) is 0.682. The van der Waals surface area contributed by atoms with E-state index in [4.69, 9.17) is 14.2 Å². The fraction of sp³-hybridized carbons (Fsp3) is 0.345. The number of ketones is 1. The van der Waals surface area contributed by atoms with Crippen LogP contribution in [0.1, 0.15) is 33.4 Å². The van der Waals surface area contributed by atoms with Crippen LogP contribution in [0, 0.1) is 6.92 Å². The van der Waals surface area contributed by atoms with Crippen LogP contribution in [0.2, 0.25) is 0 Å².